The fourth-order valence-corrected chi connectivity index (χ4v) is 3.80. The summed E-state index contributed by atoms with van der Waals surface area (Å²) in [5, 5.41) is 7.69. The highest BCUT2D eigenvalue weighted by atomic mass is 16.5. The van der Waals surface area contributed by atoms with Crippen molar-refractivity contribution >= 4 is 0 Å². The third-order valence-corrected chi connectivity index (χ3v) is 5.22. The Hall–Kier alpha value is -0.940. The zero-order valence-electron chi connectivity index (χ0n) is 11.3. The number of piperidine rings is 1. The topological polar surface area (TPSA) is 77.0 Å². The molecule has 3 aliphatic rings. The maximum absolute atomic E-state index is 6.14. The first kappa shape index (κ1) is 11.9. The molecule has 3 unspecified atom stereocenters. The summed E-state index contributed by atoms with van der Waals surface area (Å²) in [4.78, 5) is 4.59. The van der Waals surface area contributed by atoms with Gasteiger partial charge in [0, 0.05) is 0 Å². The van der Waals surface area contributed by atoms with Crippen molar-refractivity contribution in [2.24, 2.45) is 17.6 Å². The van der Waals surface area contributed by atoms with Crippen LogP contribution in [0.4, 0.5) is 0 Å². The second-order valence-corrected chi connectivity index (χ2v) is 6.54. The second kappa shape index (κ2) is 4.28. The molecule has 104 valence electrons. The van der Waals surface area contributed by atoms with Crippen LogP contribution in [0.5, 0.6) is 0 Å². The van der Waals surface area contributed by atoms with Gasteiger partial charge in [-0.05, 0) is 44.1 Å². The van der Waals surface area contributed by atoms with Crippen LogP contribution in [0.25, 0.3) is 0 Å². The summed E-state index contributed by atoms with van der Waals surface area (Å²) >= 11 is 0. The highest BCUT2D eigenvalue weighted by Crippen LogP contribution is 2.44. The quantitative estimate of drug-likeness (QED) is 0.850. The van der Waals surface area contributed by atoms with Crippen molar-refractivity contribution in [1.82, 2.24) is 15.5 Å². The summed E-state index contributed by atoms with van der Waals surface area (Å²) in [5.41, 5.74) is 5.85. The first-order chi connectivity index (χ1) is 9.26. The lowest BCUT2D eigenvalue weighted by Crippen LogP contribution is -2.41. The standard InChI is InChI=1S/C14H22N4O/c15-14(6-7-14)13-17-12(19-18-13)11-10-4-2-1-3-9(10)5-8-16-11/h9-11,16H,1-8,15H2. The Bertz CT molecular complexity index is 466. The number of nitrogens with one attached hydrogen (secondary N) is 1. The van der Waals surface area contributed by atoms with Gasteiger partial charge >= 0.3 is 0 Å². The Morgan fingerprint density at radius 1 is 1.21 bits per heavy atom. The fraction of sp³-hybridized carbons (Fsp3) is 0.857. The van der Waals surface area contributed by atoms with Crippen LogP contribution in [-0.4, -0.2) is 16.7 Å². The monoisotopic (exact) mass is 262 g/mol. The minimum absolute atomic E-state index is 0.252. The zero-order valence-corrected chi connectivity index (χ0v) is 11.3. The highest BCUT2D eigenvalue weighted by Gasteiger charge is 2.46. The van der Waals surface area contributed by atoms with Gasteiger partial charge in [-0.1, -0.05) is 24.4 Å². The van der Waals surface area contributed by atoms with Crippen LogP contribution >= 0.6 is 0 Å². The van der Waals surface area contributed by atoms with Crippen LogP contribution in [0.2, 0.25) is 0 Å². The van der Waals surface area contributed by atoms with Crippen LogP contribution in [0.3, 0.4) is 0 Å². The van der Waals surface area contributed by atoms with Gasteiger partial charge in [-0.3, -0.25) is 0 Å². The summed E-state index contributed by atoms with van der Waals surface area (Å²) in [7, 11) is 0. The Morgan fingerprint density at radius 3 is 2.89 bits per heavy atom. The molecule has 1 aromatic heterocycles. The van der Waals surface area contributed by atoms with Crippen molar-refractivity contribution in [3.63, 3.8) is 0 Å². The summed E-state index contributed by atoms with van der Waals surface area (Å²) in [6.45, 7) is 1.07. The van der Waals surface area contributed by atoms with E-state index in [1.165, 1.54) is 32.1 Å². The normalized spacial score (nSPS) is 36.8. The van der Waals surface area contributed by atoms with Gasteiger partial charge in [0.2, 0.25) is 5.89 Å². The van der Waals surface area contributed by atoms with E-state index in [1.807, 2.05) is 0 Å². The van der Waals surface area contributed by atoms with Crippen molar-refractivity contribution in [3.05, 3.63) is 11.7 Å². The van der Waals surface area contributed by atoms with Crippen molar-refractivity contribution in [2.45, 2.75) is 56.5 Å². The Kier molecular flexibility index (Phi) is 2.67. The Morgan fingerprint density at radius 2 is 2.05 bits per heavy atom. The molecular formula is C14H22N4O. The predicted octanol–water partition coefficient (Wildman–Crippen LogP) is 1.86. The van der Waals surface area contributed by atoms with Gasteiger partial charge in [0.25, 0.3) is 0 Å². The van der Waals surface area contributed by atoms with E-state index >= 15 is 0 Å². The van der Waals surface area contributed by atoms with Crippen molar-refractivity contribution in [1.29, 1.82) is 0 Å². The minimum Gasteiger partial charge on any atom is -0.338 e. The molecule has 0 aromatic carbocycles. The Balaban J connectivity index is 1.58. The molecular weight excluding hydrogens is 240 g/mol. The molecule has 2 aliphatic carbocycles. The van der Waals surface area contributed by atoms with Gasteiger partial charge in [-0.15, -0.1) is 0 Å². The van der Waals surface area contributed by atoms with E-state index in [0.29, 0.717) is 11.7 Å². The van der Waals surface area contributed by atoms with Crippen molar-refractivity contribution < 1.29 is 4.52 Å². The molecule has 1 saturated heterocycles. The molecule has 1 aromatic rings. The van der Waals surface area contributed by atoms with Gasteiger partial charge in [-0.25, -0.2) is 0 Å². The van der Waals surface area contributed by atoms with E-state index in [4.69, 9.17) is 10.3 Å². The van der Waals surface area contributed by atoms with Crippen LogP contribution in [0.1, 0.15) is 62.7 Å². The average Bonchev–Trinajstić information content (AvgIpc) is 3.02. The number of fused-ring (bicyclic) bond motifs is 1. The lowest BCUT2D eigenvalue weighted by Gasteiger charge is -2.40. The van der Waals surface area contributed by atoms with Crippen LogP contribution in [0.15, 0.2) is 4.52 Å². The molecule has 5 heteroatoms. The minimum atomic E-state index is -0.289. The summed E-state index contributed by atoms with van der Waals surface area (Å²) in [6, 6.07) is 0.252. The average molecular weight is 262 g/mol. The van der Waals surface area contributed by atoms with E-state index in [0.717, 1.165) is 31.2 Å². The molecule has 5 nitrogen and oxygen atoms in total. The number of hydrogen-bond acceptors (Lipinski definition) is 5. The van der Waals surface area contributed by atoms with Crippen molar-refractivity contribution in [3.8, 4) is 0 Å². The second-order valence-electron chi connectivity index (χ2n) is 6.54. The van der Waals surface area contributed by atoms with Crippen LogP contribution in [0, 0.1) is 11.8 Å². The smallest absolute Gasteiger partial charge is 0.244 e. The van der Waals surface area contributed by atoms with Gasteiger partial charge < -0.3 is 15.6 Å². The number of nitrogens with two attached hydrogens (primary N) is 1. The molecule has 2 heterocycles. The first-order valence-corrected chi connectivity index (χ1v) is 7.63. The number of aromatic nitrogens is 2. The third-order valence-electron chi connectivity index (χ3n) is 5.22. The van der Waals surface area contributed by atoms with Gasteiger partial charge in [0.15, 0.2) is 5.82 Å². The SMILES string of the molecule is NC1(c2noc(C3NCCC4CCCCC43)n2)CC1. The molecule has 3 atom stereocenters. The molecule has 4 rings (SSSR count). The maximum Gasteiger partial charge on any atom is 0.244 e. The lowest BCUT2D eigenvalue weighted by molar-refractivity contribution is 0.114. The number of nitrogens with zero attached hydrogens (tertiary/aromatic N) is 2. The van der Waals surface area contributed by atoms with Crippen molar-refractivity contribution in [2.75, 3.05) is 6.54 Å². The van der Waals surface area contributed by atoms with Gasteiger partial charge in [0.05, 0.1) is 11.6 Å². The van der Waals surface area contributed by atoms with E-state index in [-0.39, 0.29) is 11.6 Å². The van der Waals surface area contributed by atoms with Gasteiger partial charge in [0.1, 0.15) is 0 Å². The molecule has 19 heavy (non-hydrogen) atoms. The Labute approximate surface area is 113 Å². The van der Waals surface area contributed by atoms with E-state index < -0.39 is 0 Å². The maximum atomic E-state index is 6.14. The fourth-order valence-electron chi connectivity index (χ4n) is 3.80. The number of rotatable bonds is 2. The molecule has 1 aliphatic heterocycles. The lowest BCUT2D eigenvalue weighted by atomic mass is 9.71. The summed E-state index contributed by atoms with van der Waals surface area (Å²) in [6.07, 6.45) is 8.63. The predicted molar refractivity (Wildman–Crippen MR) is 70.2 cm³/mol. The molecule has 0 amide bonds. The molecule has 0 bridgehead atoms. The van der Waals surface area contributed by atoms with E-state index in [2.05, 4.69) is 15.5 Å². The summed E-state index contributed by atoms with van der Waals surface area (Å²) < 4.78 is 5.52. The van der Waals surface area contributed by atoms with Crippen LogP contribution in [-0.2, 0) is 5.54 Å². The molecule has 0 spiro atoms. The third kappa shape index (κ3) is 1.99. The largest absolute Gasteiger partial charge is 0.338 e. The summed E-state index contributed by atoms with van der Waals surface area (Å²) in [5.74, 6) is 2.98. The van der Waals surface area contributed by atoms with Crippen LogP contribution < -0.4 is 11.1 Å². The molecule has 0 radical (unpaired) electrons. The zero-order chi connectivity index (χ0) is 12.9. The molecule has 3 fully saturated rings. The molecule has 3 N–H and O–H groups in total. The van der Waals surface area contributed by atoms with Gasteiger partial charge in [-0.2, -0.15) is 4.98 Å². The number of hydrogen-bond donors (Lipinski definition) is 2. The van der Waals surface area contributed by atoms with E-state index in [1.54, 1.807) is 0 Å². The first-order valence-electron chi connectivity index (χ1n) is 7.63. The van der Waals surface area contributed by atoms with E-state index in [9.17, 15) is 0 Å². The highest BCUT2D eigenvalue weighted by molar-refractivity contribution is 5.14. The molecule has 2 saturated carbocycles.